The van der Waals surface area contributed by atoms with E-state index in [1.54, 1.807) is 0 Å². The van der Waals surface area contributed by atoms with Gasteiger partial charge in [-0.15, -0.1) is 0 Å². The first-order valence-electron chi connectivity index (χ1n) is 16.0. The number of rotatable bonds is 33. The molecule has 0 saturated carbocycles. The fourth-order valence-corrected chi connectivity index (χ4v) is 4.23. The van der Waals surface area contributed by atoms with Crippen LogP contribution in [0.1, 0.15) is 96.8 Å². The third kappa shape index (κ3) is 35.5. The lowest BCUT2D eigenvalue weighted by Crippen LogP contribution is -2.37. The van der Waals surface area contributed by atoms with Crippen LogP contribution in [0, 0.1) is 0 Å². The highest BCUT2D eigenvalue weighted by atomic mass is 15.0. The van der Waals surface area contributed by atoms with Crippen LogP contribution in [0.5, 0.6) is 0 Å². The van der Waals surface area contributed by atoms with E-state index in [1.165, 1.54) is 89.9 Å². The van der Waals surface area contributed by atoms with Crippen molar-refractivity contribution in [2.24, 2.45) is 5.73 Å². The summed E-state index contributed by atoms with van der Waals surface area (Å²) in [7, 11) is 0. The second-order valence-electron chi connectivity index (χ2n) is 10.2. The van der Waals surface area contributed by atoms with E-state index in [-0.39, 0.29) is 0 Å². The summed E-state index contributed by atoms with van der Waals surface area (Å²) in [6.45, 7) is 15.3. The third-order valence-electron chi connectivity index (χ3n) is 6.58. The molecule has 0 rings (SSSR count). The highest BCUT2D eigenvalue weighted by Crippen LogP contribution is 2.09. The number of nitrogens with two attached hydrogens (primary N) is 1. The Morgan fingerprint density at radius 2 is 0.703 bits per heavy atom. The smallest absolute Gasteiger partial charge is 0.00772 e. The van der Waals surface area contributed by atoms with Crippen LogP contribution in [-0.2, 0) is 0 Å². The van der Waals surface area contributed by atoms with Gasteiger partial charge in [-0.3, -0.25) is 0 Å². The predicted molar refractivity (Wildman–Crippen MR) is 166 cm³/mol. The monoisotopic (exact) mass is 526 g/mol. The zero-order valence-corrected chi connectivity index (χ0v) is 24.8. The Kier molecular flexibility index (Phi) is 34.9. The summed E-state index contributed by atoms with van der Waals surface area (Å²) >= 11 is 0. The molecule has 7 nitrogen and oxygen atoms in total. The minimum Gasteiger partial charge on any atom is -0.329 e. The van der Waals surface area contributed by atoms with Crippen LogP contribution in [0.15, 0.2) is 12.2 Å². The van der Waals surface area contributed by atoms with Crippen molar-refractivity contribution >= 4 is 0 Å². The standard InChI is InChI=1S/C30H67N7/c1-2-3-4-5-6-7-8-9-10-11-12-13-14-15-16-17-19-32-21-23-34-25-27-36-29-30-37-28-26-35-24-22-33-20-18-31/h9-10,32-37H,2-8,11-31H2,1H3/b10-9-. The van der Waals surface area contributed by atoms with Crippen LogP contribution in [-0.4, -0.2) is 85.1 Å². The summed E-state index contributed by atoms with van der Waals surface area (Å²) in [5.41, 5.74) is 5.44. The lowest BCUT2D eigenvalue weighted by molar-refractivity contribution is 0.540. The van der Waals surface area contributed by atoms with Gasteiger partial charge in [0.1, 0.15) is 0 Å². The summed E-state index contributed by atoms with van der Waals surface area (Å²) in [6, 6.07) is 0. The molecule has 0 aromatic rings. The van der Waals surface area contributed by atoms with E-state index in [0.29, 0.717) is 6.54 Å². The van der Waals surface area contributed by atoms with Crippen molar-refractivity contribution in [3.63, 3.8) is 0 Å². The molecule has 0 fully saturated rings. The normalized spacial score (nSPS) is 11.7. The summed E-state index contributed by atoms with van der Waals surface area (Å²) in [4.78, 5) is 0. The van der Waals surface area contributed by atoms with E-state index in [9.17, 15) is 0 Å². The van der Waals surface area contributed by atoms with Crippen LogP contribution in [0.25, 0.3) is 0 Å². The molecule has 222 valence electrons. The van der Waals surface area contributed by atoms with Crippen LogP contribution >= 0.6 is 0 Å². The molecule has 0 aliphatic rings. The number of allylic oxidation sites excluding steroid dienone is 2. The van der Waals surface area contributed by atoms with Gasteiger partial charge >= 0.3 is 0 Å². The van der Waals surface area contributed by atoms with E-state index in [2.05, 4.69) is 51.0 Å². The highest BCUT2D eigenvalue weighted by molar-refractivity contribution is 4.81. The van der Waals surface area contributed by atoms with Gasteiger partial charge in [0.25, 0.3) is 0 Å². The summed E-state index contributed by atoms with van der Waals surface area (Å²) in [6.07, 6.45) is 24.1. The average molecular weight is 526 g/mol. The predicted octanol–water partition coefficient (Wildman–Crippen LogP) is 3.52. The summed E-state index contributed by atoms with van der Waals surface area (Å²) in [5, 5.41) is 20.7. The molecule has 8 N–H and O–H groups in total. The molecule has 0 unspecified atom stereocenters. The van der Waals surface area contributed by atoms with Crippen molar-refractivity contribution in [3.8, 4) is 0 Å². The SMILES string of the molecule is CCCCCCCC/C=C\CCCCCCCCNCCNCCNCCNCCNCCNCCN. The lowest BCUT2D eigenvalue weighted by Gasteiger charge is -2.09. The van der Waals surface area contributed by atoms with Gasteiger partial charge in [0.15, 0.2) is 0 Å². The minimum atomic E-state index is 0.708. The average Bonchev–Trinajstić information content (AvgIpc) is 2.91. The molecule has 0 aliphatic carbocycles. The maximum absolute atomic E-state index is 5.44. The number of unbranched alkanes of at least 4 members (excludes halogenated alkanes) is 12. The molecule has 7 heteroatoms. The quantitative estimate of drug-likeness (QED) is 0.0520. The van der Waals surface area contributed by atoms with Crippen LogP contribution in [0.2, 0.25) is 0 Å². The van der Waals surface area contributed by atoms with E-state index in [0.717, 1.165) is 78.5 Å². The van der Waals surface area contributed by atoms with Crippen molar-refractivity contribution in [2.75, 3.05) is 85.1 Å². The van der Waals surface area contributed by atoms with Gasteiger partial charge in [0.05, 0.1) is 0 Å². The minimum absolute atomic E-state index is 0.708. The van der Waals surface area contributed by atoms with Crippen molar-refractivity contribution in [2.45, 2.75) is 96.8 Å². The highest BCUT2D eigenvalue weighted by Gasteiger charge is 1.94. The first-order valence-corrected chi connectivity index (χ1v) is 16.0. The van der Waals surface area contributed by atoms with Crippen LogP contribution in [0.4, 0.5) is 0 Å². The Morgan fingerprint density at radius 1 is 0.378 bits per heavy atom. The molecule has 0 atom stereocenters. The fraction of sp³-hybridized carbons (Fsp3) is 0.933. The van der Waals surface area contributed by atoms with Gasteiger partial charge in [-0.25, -0.2) is 0 Å². The number of hydrogen-bond donors (Lipinski definition) is 7. The molecule has 37 heavy (non-hydrogen) atoms. The van der Waals surface area contributed by atoms with Crippen molar-refractivity contribution in [1.82, 2.24) is 31.9 Å². The van der Waals surface area contributed by atoms with E-state index in [4.69, 9.17) is 5.73 Å². The molecule has 0 aromatic carbocycles. The van der Waals surface area contributed by atoms with Gasteiger partial charge in [-0.05, 0) is 38.6 Å². The van der Waals surface area contributed by atoms with Gasteiger partial charge in [-0.1, -0.05) is 76.9 Å². The molecular weight excluding hydrogens is 458 g/mol. The largest absolute Gasteiger partial charge is 0.329 e. The Hall–Kier alpha value is -0.540. The molecule has 0 saturated heterocycles. The van der Waals surface area contributed by atoms with Crippen molar-refractivity contribution in [1.29, 1.82) is 0 Å². The Morgan fingerprint density at radius 3 is 1.11 bits per heavy atom. The Balaban J connectivity index is 3.05. The molecular formula is C30H67N7. The van der Waals surface area contributed by atoms with Gasteiger partial charge in [0.2, 0.25) is 0 Å². The summed E-state index contributed by atoms with van der Waals surface area (Å²) in [5.74, 6) is 0. The molecule has 0 radical (unpaired) electrons. The lowest BCUT2D eigenvalue weighted by atomic mass is 10.1. The Bertz CT molecular complexity index is 421. The first kappa shape index (κ1) is 36.5. The zero-order chi connectivity index (χ0) is 26.7. The van der Waals surface area contributed by atoms with Crippen molar-refractivity contribution in [3.05, 3.63) is 12.2 Å². The fourth-order valence-electron chi connectivity index (χ4n) is 4.23. The summed E-state index contributed by atoms with van der Waals surface area (Å²) < 4.78 is 0. The van der Waals surface area contributed by atoms with Gasteiger partial charge < -0.3 is 37.6 Å². The zero-order valence-electron chi connectivity index (χ0n) is 24.8. The molecule has 0 heterocycles. The number of nitrogens with one attached hydrogen (secondary N) is 6. The van der Waals surface area contributed by atoms with Gasteiger partial charge in [0, 0.05) is 78.5 Å². The van der Waals surface area contributed by atoms with E-state index in [1.807, 2.05) is 0 Å². The maximum Gasteiger partial charge on any atom is 0.00772 e. The van der Waals surface area contributed by atoms with Crippen LogP contribution < -0.4 is 37.6 Å². The molecule has 0 spiro atoms. The van der Waals surface area contributed by atoms with E-state index < -0.39 is 0 Å². The molecule has 0 aliphatic heterocycles. The first-order chi connectivity index (χ1) is 18.4. The second-order valence-corrected chi connectivity index (χ2v) is 10.2. The second kappa shape index (κ2) is 35.5. The van der Waals surface area contributed by atoms with Crippen molar-refractivity contribution < 1.29 is 0 Å². The number of hydrogen-bond acceptors (Lipinski definition) is 7. The maximum atomic E-state index is 5.44. The molecule has 0 amide bonds. The van der Waals surface area contributed by atoms with Crippen LogP contribution in [0.3, 0.4) is 0 Å². The molecule has 0 bridgehead atoms. The van der Waals surface area contributed by atoms with Gasteiger partial charge in [-0.2, -0.15) is 0 Å². The third-order valence-corrected chi connectivity index (χ3v) is 6.58. The molecule has 0 aromatic heterocycles. The van der Waals surface area contributed by atoms with E-state index >= 15 is 0 Å². The Labute approximate surface area is 231 Å². The topological polar surface area (TPSA) is 98.2 Å².